The topological polar surface area (TPSA) is 99.8 Å². The Morgan fingerprint density at radius 1 is 1.48 bits per heavy atom. The number of hydrogen-bond donors (Lipinski definition) is 1. The third-order valence-electron chi connectivity index (χ3n) is 3.50. The number of aryl methyl sites for hydroxylation is 1. The standard InChI is InChI=1S/C12H17N7O2/c1-18-6-8(14-16-18)7-19-11(9-4-3-5-13-9)10(15-17-19)12(20)21-2/h6,9,13H,3-5,7H2,1-2H3. The normalized spacial score (nSPS) is 18.1. The van der Waals surface area contributed by atoms with Crippen molar-refractivity contribution in [3.8, 4) is 0 Å². The third kappa shape index (κ3) is 2.64. The highest BCUT2D eigenvalue weighted by Crippen LogP contribution is 2.25. The number of rotatable bonds is 4. The number of ether oxygens (including phenoxy) is 1. The van der Waals surface area contributed by atoms with Crippen LogP contribution in [-0.4, -0.2) is 49.6 Å². The van der Waals surface area contributed by atoms with E-state index in [9.17, 15) is 4.79 Å². The Morgan fingerprint density at radius 3 is 2.95 bits per heavy atom. The minimum atomic E-state index is -0.468. The summed E-state index contributed by atoms with van der Waals surface area (Å²) in [5.41, 5.74) is 1.78. The fourth-order valence-corrected chi connectivity index (χ4v) is 2.56. The van der Waals surface area contributed by atoms with E-state index in [4.69, 9.17) is 4.74 Å². The fraction of sp³-hybridized carbons (Fsp3) is 0.583. The number of nitrogens with zero attached hydrogens (tertiary/aromatic N) is 6. The van der Waals surface area contributed by atoms with E-state index >= 15 is 0 Å². The number of esters is 1. The molecule has 3 rings (SSSR count). The van der Waals surface area contributed by atoms with E-state index in [1.807, 2.05) is 6.20 Å². The number of carbonyl (C=O) groups is 1. The zero-order chi connectivity index (χ0) is 14.8. The zero-order valence-electron chi connectivity index (χ0n) is 12.0. The number of hydrogen-bond acceptors (Lipinski definition) is 7. The molecule has 1 atom stereocenters. The summed E-state index contributed by atoms with van der Waals surface area (Å²) >= 11 is 0. The summed E-state index contributed by atoms with van der Waals surface area (Å²) in [6.45, 7) is 1.34. The van der Waals surface area contributed by atoms with Gasteiger partial charge in [-0.3, -0.25) is 4.68 Å². The first-order chi connectivity index (χ1) is 10.2. The molecule has 1 fully saturated rings. The molecule has 1 unspecified atom stereocenters. The summed E-state index contributed by atoms with van der Waals surface area (Å²) in [6, 6.07) is 0.0609. The van der Waals surface area contributed by atoms with Gasteiger partial charge in [0, 0.05) is 13.2 Å². The summed E-state index contributed by atoms with van der Waals surface area (Å²) in [4.78, 5) is 11.9. The minimum absolute atomic E-state index is 0.0609. The van der Waals surface area contributed by atoms with Gasteiger partial charge in [0.05, 0.1) is 25.4 Å². The Labute approximate surface area is 121 Å². The summed E-state index contributed by atoms with van der Waals surface area (Å²) in [7, 11) is 3.15. The zero-order valence-corrected chi connectivity index (χ0v) is 12.0. The van der Waals surface area contributed by atoms with E-state index in [1.165, 1.54) is 7.11 Å². The molecule has 9 nitrogen and oxygen atoms in total. The van der Waals surface area contributed by atoms with Crippen LogP contribution in [0.2, 0.25) is 0 Å². The molecule has 0 aromatic carbocycles. The fourth-order valence-electron chi connectivity index (χ4n) is 2.56. The summed E-state index contributed by atoms with van der Waals surface area (Å²) in [5.74, 6) is -0.468. The molecule has 2 aromatic rings. The molecule has 0 aliphatic carbocycles. The van der Waals surface area contributed by atoms with Crippen molar-refractivity contribution in [2.24, 2.45) is 7.05 Å². The second-order valence-corrected chi connectivity index (χ2v) is 5.01. The lowest BCUT2D eigenvalue weighted by atomic mass is 10.1. The molecular weight excluding hydrogens is 274 g/mol. The van der Waals surface area contributed by atoms with Crippen LogP contribution in [0.3, 0.4) is 0 Å². The van der Waals surface area contributed by atoms with E-state index in [2.05, 4.69) is 25.9 Å². The molecule has 3 heterocycles. The van der Waals surface area contributed by atoms with Gasteiger partial charge in [-0.05, 0) is 19.4 Å². The van der Waals surface area contributed by atoms with Gasteiger partial charge in [-0.1, -0.05) is 10.4 Å². The SMILES string of the molecule is COC(=O)c1nnn(Cc2cn(C)nn2)c1C1CCCN1. The molecular formula is C12H17N7O2. The second kappa shape index (κ2) is 5.60. The number of nitrogens with one attached hydrogen (secondary N) is 1. The summed E-state index contributed by atoms with van der Waals surface area (Å²) in [5, 5.41) is 19.4. The van der Waals surface area contributed by atoms with E-state index in [1.54, 1.807) is 16.4 Å². The summed E-state index contributed by atoms with van der Waals surface area (Å²) < 4.78 is 8.11. The van der Waals surface area contributed by atoms with Gasteiger partial charge in [0.15, 0.2) is 5.69 Å². The van der Waals surface area contributed by atoms with Crippen LogP contribution in [0.5, 0.6) is 0 Å². The van der Waals surface area contributed by atoms with Gasteiger partial charge in [0.2, 0.25) is 0 Å². The van der Waals surface area contributed by atoms with Crippen LogP contribution in [-0.2, 0) is 18.3 Å². The predicted octanol–water partition coefficient (Wildman–Crippen LogP) is -0.334. The van der Waals surface area contributed by atoms with E-state index in [0.717, 1.165) is 30.8 Å². The van der Waals surface area contributed by atoms with Crippen molar-refractivity contribution in [3.63, 3.8) is 0 Å². The van der Waals surface area contributed by atoms with Crippen molar-refractivity contribution in [1.82, 2.24) is 35.3 Å². The highest BCUT2D eigenvalue weighted by Gasteiger charge is 2.29. The second-order valence-electron chi connectivity index (χ2n) is 5.01. The van der Waals surface area contributed by atoms with Crippen LogP contribution >= 0.6 is 0 Å². The van der Waals surface area contributed by atoms with Crippen molar-refractivity contribution in [1.29, 1.82) is 0 Å². The van der Waals surface area contributed by atoms with Crippen molar-refractivity contribution in [2.75, 3.05) is 13.7 Å². The van der Waals surface area contributed by atoms with Gasteiger partial charge in [-0.2, -0.15) is 0 Å². The van der Waals surface area contributed by atoms with Crippen LogP contribution in [0.4, 0.5) is 0 Å². The van der Waals surface area contributed by atoms with Crippen LogP contribution in [0.1, 0.15) is 40.8 Å². The Hall–Kier alpha value is -2.29. The predicted molar refractivity (Wildman–Crippen MR) is 71.4 cm³/mol. The van der Waals surface area contributed by atoms with Gasteiger partial charge < -0.3 is 10.1 Å². The number of aromatic nitrogens is 6. The van der Waals surface area contributed by atoms with Crippen molar-refractivity contribution < 1.29 is 9.53 Å². The molecule has 0 amide bonds. The largest absolute Gasteiger partial charge is 0.464 e. The van der Waals surface area contributed by atoms with Crippen molar-refractivity contribution >= 4 is 5.97 Å². The first kappa shape index (κ1) is 13.7. The van der Waals surface area contributed by atoms with Gasteiger partial charge in [0.1, 0.15) is 5.69 Å². The number of carbonyl (C=O) groups excluding carboxylic acids is 1. The maximum absolute atomic E-state index is 11.9. The first-order valence-corrected chi connectivity index (χ1v) is 6.79. The monoisotopic (exact) mass is 291 g/mol. The van der Waals surface area contributed by atoms with E-state index in [0.29, 0.717) is 6.54 Å². The molecule has 1 aliphatic rings. The average Bonchev–Trinajstić information content (AvgIpc) is 3.19. The maximum Gasteiger partial charge on any atom is 0.360 e. The molecule has 0 bridgehead atoms. The summed E-state index contributed by atoms with van der Waals surface area (Å²) in [6.07, 6.45) is 3.81. The van der Waals surface area contributed by atoms with E-state index < -0.39 is 5.97 Å². The van der Waals surface area contributed by atoms with E-state index in [-0.39, 0.29) is 11.7 Å². The van der Waals surface area contributed by atoms with Gasteiger partial charge in [-0.15, -0.1) is 10.2 Å². The molecule has 0 saturated carbocycles. The van der Waals surface area contributed by atoms with Crippen molar-refractivity contribution in [2.45, 2.75) is 25.4 Å². The molecule has 0 radical (unpaired) electrons. The molecule has 21 heavy (non-hydrogen) atoms. The lowest BCUT2D eigenvalue weighted by molar-refractivity contribution is 0.0591. The van der Waals surface area contributed by atoms with Crippen LogP contribution in [0.15, 0.2) is 6.20 Å². The quantitative estimate of drug-likeness (QED) is 0.770. The first-order valence-electron chi connectivity index (χ1n) is 6.79. The molecule has 0 spiro atoms. The van der Waals surface area contributed by atoms with Crippen molar-refractivity contribution in [3.05, 3.63) is 23.3 Å². The van der Waals surface area contributed by atoms with Gasteiger partial charge in [0.25, 0.3) is 0 Å². The molecule has 1 aliphatic heterocycles. The Balaban J connectivity index is 1.95. The Bertz CT molecular complexity index is 642. The highest BCUT2D eigenvalue weighted by molar-refractivity contribution is 5.88. The highest BCUT2D eigenvalue weighted by atomic mass is 16.5. The smallest absolute Gasteiger partial charge is 0.360 e. The lowest BCUT2D eigenvalue weighted by Crippen LogP contribution is -2.21. The minimum Gasteiger partial charge on any atom is -0.464 e. The average molecular weight is 291 g/mol. The Morgan fingerprint density at radius 2 is 2.33 bits per heavy atom. The third-order valence-corrected chi connectivity index (χ3v) is 3.50. The molecule has 1 saturated heterocycles. The molecule has 9 heteroatoms. The maximum atomic E-state index is 11.9. The lowest BCUT2D eigenvalue weighted by Gasteiger charge is -2.13. The Kier molecular flexibility index (Phi) is 3.65. The molecule has 112 valence electrons. The van der Waals surface area contributed by atoms with Crippen LogP contribution in [0.25, 0.3) is 0 Å². The molecule has 1 N–H and O–H groups in total. The molecule has 2 aromatic heterocycles. The van der Waals surface area contributed by atoms with Gasteiger partial charge in [-0.25, -0.2) is 9.48 Å². The van der Waals surface area contributed by atoms with Crippen LogP contribution < -0.4 is 5.32 Å². The van der Waals surface area contributed by atoms with Crippen LogP contribution in [0, 0.1) is 0 Å². The number of methoxy groups -OCH3 is 1. The van der Waals surface area contributed by atoms with Gasteiger partial charge >= 0.3 is 5.97 Å².